The number of carbonyl (C=O) groups is 1. The van der Waals surface area contributed by atoms with Gasteiger partial charge in [0.15, 0.2) is 5.76 Å². The molecule has 5 nitrogen and oxygen atoms in total. The Morgan fingerprint density at radius 1 is 1.18 bits per heavy atom. The summed E-state index contributed by atoms with van der Waals surface area (Å²) in [7, 11) is 0. The van der Waals surface area contributed by atoms with Crippen molar-refractivity contribution in [3.8, 4) is 11.5 Å². The molecule has 0 saturated heterocycles. The van der Waals surface area contributed by atoms with Gasteiger partial charge < -0.3 is 14.6 Å². The second kappa shape index (κ2) is 5.91. The van der Waals surface area contributed by atoms with Gasteiger partial charge in [0.25, 0.3) is 0 Å². The fourth-order valence-corrected chi connectivity index (χ4v) is 3.75. The summed E-state index contributed by atoms with van der Waals surface area (Å²) in [5, 5.41) is 11.3. The van der Waals surface area contributed by atoms with Crippen LogP contribution < -0.4 is 9.47 Å². The van der Waals surface area contributed by atoms with E-state index in [1.807, 2.05) is 30.3 Å². The first-order valence-electron chi connectivity index (χ1n) is 9.25. The summed E-state index contributed by atoms with van der Waals surface area (Å²) in [6.45, 7) is 3.43. The number of fused-ring (bicyclic) bond motifs is 4. The lowest BCUT2D eigenvalue weighted by Crippen LogP contribution is -2.39. The molecule has 5 heteroatoms. The lowest BCUT2D eigenvalue weighted by atomic mass is 9.96. The van der Waals surface area contributed by atoms with E-state index in [1.165, 1.54) is 0 Å². The topological polar surface area (TPSA) is 68.7 Å². The van der Waals surface area contributed by atoms with E-state index in [0.717, 1.165) is 22.0 Å². The Morgan fingerprint density at radius 2 is 2.00 bits per heavy atom. The SMILES string of the molecule is CC(C)(O)[C@H]1Cc2c(ccc3c2O/C(=C\c2cccc4cccnc24)C3=O)O1. The van der Waals surface area contributed by atoms with Crippen LogP contribution in [0.2, 0.25) is 0 Å². The Balaban J connectivity index is 1.55. The van der Waals surface area contributed by atoms with Crippen LogP contribution >= 0.6 is 0 Å². The van der Waals surface area contributed by atoms with E-state index in [-0.39, 0.29) is 17.6 Å². The average Bonchev–Trinajstić information content (AvgIpc) is 3.24. The number of aromatic nitrogens is 1. The van der Waals surface area contributed by atoms with Crippen molar-refractivity contribution in [3.63, 3.8) is 0 Å². The van der Waals surface area contributed by atoms with Crippen LogP contribution in [0.3, 0.4) is 0 Å². The van der Waals surface area contributed by atoms with Gasteiger partial charge in [0, 0.05) is 29.1 Å². The van der Waals surface area contributed by atoms with Gasteiger partial charge in [-0.05, 0) is 38.1 Å². The highest BCUT2D eigenvalue weighted by molar-refractivity contribution is 6.15. The number of para-hydroxylation sites is 1. The number of ether oxygens (including phenoxy) is 2. The Hall–Kier alpha value is -3.18. The zero-order valence-electron chi connectivity index (χ0n) is 15.6. The van der Waals surface area contributed by atoms with Crippen molar-refractivity contribution in [2.24, 2.45) is 0 Å². The molecule has 2 aromatic carbocycles. The number of carbonyl (C=O) groups excluding carboxylic acids is 1. The molecule has 28 heavy (non-hydrogen) atoms. The summed E-state index contributed by atoms with van der Waals surface area (Å²) >= 11 is 0. The highest BCUT2D eigenvalue weighted by Crippen LogP contribution is 2.45. The van der Waals surface area contributed by atoms with Crippen LogP contribution in [0.5, 0.6) is 11.5 Å². The Kier molecular flexibility index (Phi) is 3.58. The first kappa shape index (κ1) is 17.0. The molecule has 0 aliphatic carbocycles. The van der Waals surface area contributed by atoms with Gasteiger partial charge in [0.1, 0.15) is 17.6 Å². The van der Waals surface area contributed by atoms with Crippen LogP contribution in [0, 0.1) is 0 Å². The minimum absolute atomic E-state index is 0.155. The number of hydrogen-bond donors (Lipinski definition) is 1. The number of allylic oxidation sites excluding steroid dienone is 1. The quantitative estimate of drug-likeness (QED) is 0.690. The Bertz CT molecular complexity index is 1150. The zero-order valence-corrected chi connectivity index (χ0v) is 15.6. The molecule has 140 valence electrons. The summed E-state index contributed by atoms with van der Waals surface area (Å²) in [6, 6.07) is 13.2. The first-order valence-corrected chi connectivity index (χ1v) is 9.25. The molecule has 3 aromatic rings. The van der Waals surface area contributed by atoms with E-state index >= 15 is 0 Å². The molecule has 3 heterocycles. The zero-order chi connectivity index (χ0) is 19.5. The van der Waals surface area contributed by atoms with Gasteiger partial charge in [-0.15, -0.1) is 0 Å². The molecule has 2 aliphatic rings. The average molecular weight is 373 g/mol. The number of nitrogens with zero attached hydrogens (tertiary/aromatic N) is 1. The predicted octanol–water partition coefficient (Wildman–Crippen LogP) is 3.93. The maximum atomic E-state index is 12.9. The third-order valence-electron chi connectivity index (χ3n) is 5.30. The molecule has 0 amide bonds. The van der Waals surface area contributed by atoms with Crippen molar-refractivity contribution in [1.82, 2.24) is 4.98 Å². The largest absolute Gasteiger partial charge is 0.487 e. The highest BCUT2D eigenvalue weighted by atomic mass is 16.5. The van der Waals surface area contributed by atoms with Crippen molar-refractivity contribution in [1.29, 1.82) is 0 Å². The Labute approximate surface area is 162 Å². The first-order chi connectivity index (χ1) is 13.4. The van der Waals surface area contributed by atoms with Gasteiger partial charge in [-0.2, -0.15) is 0 Å². The number of aliphatic hydroxyl groups is 1. The molecule has 0 radical (unpaired) electrons. The highest BCUT2D eigenvalue weighted by Gasteiger charge is 2.40. The van der Waals surface area contributed by atoms with Crippen LogP contribution in [0.15, 0.2) is 54.4 Å². The molecule has 1 N–H and O–H groups in total. The molecular formula is C23H19NO4. The molecule has 2 aliphatic heterocycles. The second-order valence-corrected chi connectivity index (χ2v) is 7.75. The third-order valence-corrected chi connectivity index (χ3v) is 5.30. The fourth-order valence-electron chi connectivity index (χ4n) is 3.75. The number of pyridine rings is 1. The number of hydrogen-bond acceptors (Lipinski definition) is 5. The standard InChI is InChI=1S/C23H19NO4/c1-23(2,26)19-12-16-17(27-19)9-8-15-21(25)18(28-22(15)16)11-14-6-3-5-13-7-4-10-24-20(13)14/h3-11,19,26H,12H2,1-2H3/b18-11-/t19-/m1/s1. The number of Topliss-reactive ketones (excluding diaryl/α,β-unsaturated/α-hetero) is 1. The number of ketones is 1. The summed E-state index contributed by atoms with van der Waals surface area (Å²) in [4.78, 5) is 17.3. The smallest absolute Gasteiger partial charge is 0.231 e. The second-order valence-electron chi connectivity index (χ2n) is 7.75. The number of rotatable bonds is 2. The lowest BCUT2D eigenvalue weighted by Gasteiger charge is -2.24. The third kappa shape index (κ3) is 2.59. The van der Waals surface area contributed by atoms with Crippen LogP contribution in [0.4, 0.5) is 0 Å². The molecule has 1 aromatic heterocycles. The van der Waals surface area contributed by atoms with Crippen LogP contribution in [-0.4, -0.2) is 27.6 Å². The summed E-state index contributed by atoms with van der Waals surface area (Å²) in [5.74, 6) is 1.31. The van der Waals surface area contributed by atoms with Gasteiger partial charge in [-0.1, -0.05) is 24.3 Å². The molecule has 5 rings (SSSR count). The van der Waals surface area contributed by atoms with Gasteiger partial charge >= 0.3 is 0 Å². The molecular weight excluding hydrogens is 354 g/mol. The minimum atomic E-state index is -0.984. The minimum Gasteiger partial charge on any atom is -0.487 e. The maximum absolute atomic E-state index is 12.9. The van der Waals surface area contributed by atoms with E-state index in [0.29, 0.717) is 23.5 Å². The number of benzene rings is 2. The van der Waals surface area contributed by atoms with E-state index in [1.54, 1.807) is 38.3 Å². The van der Waals surface area contributed by atoms with Gasteiger partial charge in [-0.3, -0.25) is 9.78 Å². The summed E-state index contributed by atoms with van der Waals surface area (Å²) in [5.41, 5.74) is 2.02. The van der Waals surface area contributed by atoms with Crippen LogP contribution in [0.25, 0.3) is 17.0 Å². The maximum Gasteiger partial charge on any atom is 0.231 e. The van der Waals surface area contributed by atoms with Crippen molar-refractivity contribution in [2.45, 2.75) is 32.0 Å². The molecule has 0 spiro atoms. The molecule has 0 unspecified atom stereocenters. The molecule has 0 fully saturated rings. The van der Waals surface area contributed by atoms with E-state index < -0.39 is 5.60 Å². The van der Waals surface area contributed by atoms with E-state index in [4.69, 9.17) is 9.47 Å². The van der Waals surface area contributed by atoms with Crippen molar-refractivity contribution in [2.75, 3.05) is 0 Å². The fraction of sp³-hybridized carbons (Fsp3) is 0.217. The lowest BCUT2D eigenvalue weighted by molar-refractivity contribution is -0.0229. The molecule has 1 atom stereocenters. The normalized spacial score (nSPS) is 19.5. The van der Waals surface area contributed by atoms with Crippen LogP contribution in [-0.2, 0) is 6.42 Å². The van der Waals surface area contributed by atoms with Gasteiger partial charge in [0.05, 0.1) is 16.7 Å². The van der Waals surface area contributed by atoms with Crippen LogP contribution in [0.1, 0.15) is 35.3 Å². The summed E-state index contributed by atoms with van der Waals surface area (Å²) in [6.07, 6.45) is 3.60. The van der Waals surface area contributed by atoms with Crippen molar-refractivity contribution >= 4 is 22.8 Å². The van der Waals surface area contributed by atoms with Crippen molar-refractivity contribution in [3.05, 3.63) is 71.1 Å². The van der Waals surface area contributed by atoms with E-state index in [2.05, 4.69) is 4.98 Å². The van der Waals surface area contributed by atoms with Gasteiger partial charge in [-0.25, -0.2) is 0 Å². The van der Waals surface area contributed by atoms with Gasteiger partial charge in [0.2, 0.25) is 5.78 Å². The monoisotopic (exact) mass is 373 g/mol. The van der Waals surface area contributed by atoms with Crippen molar-refractivity contribution < 1.29 is 19.4 Å². The predicted molar refractivity (Wildman–Crippen MR) is 106 cm³/mol. The Morgan fingerprint density at radius 3 is 2.82 bits per heavy atom. The van der Waals surface area contributed by atoms with E-state index in [9.17, 15) is 9.90 Å². The molecule has 0 saturated carbocycles. The molecule has 0 bridgehead atoms. The summed E-state index contributed by atoms with van der Waals surface area (Å²) < 4.78 is 11.9.